The van der Waals surface area contributed by atoms with E-state index < -0.39 is 11.7 Å². The van der Waals surface area contributed by atoms with Crippen LogP contribution in [0.2, 0.25) is 0 Å². The molecule has 2 aromatic rings. The maximum absolute atomic E-state index is 12.9. The number of ether oxygens (including phenoxy) is 2. The van der Waals surface area contributed by atoms with Crippen molar-refractivity contribution >= 4 is 26.7 Å². The fraction of sp³-hybridized carbons (Fsp3) is 0.462. The topological polar surface area (TPSA) is 43.4 Å². The highest BCUT2D eigenvalue weighted by Crippen LogP contribution is 2.36. The van der Waals surface area contributed by atoms with E-state index in [9.17, 15) is 13.2 Å². The van der Waals surface area contributed by atoms with Gasteiger partial charge in [-0.2, -0.15) is 13.2 Å². The lowest BCUT2D eigenvalue weighted by Crippen LogP contribution is -2.07. The van der Waals surface area contributed by atoms with Gasteiger partial charge < -0.3 is 14.8 Å². The number of hydrogen-bond acceptors (Lipinski definition) is 5. The maximum atomic E-state index is 12.9. The van der Waals surface area contributed by atoms with Crippen LogP contribution in [0.5, 0.6) is 0 Å². The highest BCUT2D eigenvalue weighted by Gasteiger charge is 2.32. The van der Waals surface area contributed by atoms with Crippen LogP contribution in [-0.2, 0) is 22.3 Å². The molecule has 1 aromatic heterocycles. The van der Waals surface area contributed by atoms with Crippen molar-refractivity contribution in [3.8, 4) is 0 Å². The van der Waals surface area contributed by atoms with Gasteiger partial charge in [-0.05, 0) is 12.1 Å². The molecule has 1 heterocycles. The third kappa shape index (κ3) is 3.84. The fourth-order valence-electron chi connectivity index (χ4n) is 1.80. The zero-order valence-corrected chi connectivity index (χ0v) is 12.4. The van der Waals surface area contributed by atoms with Gasteiger partial charge in [0.1, 0.15) is 0 Å². The van der Waals surface area contributed by atoms with Gasteiger partial charge in [0.15, 0.2) is 5.13 Å². The molecule has 4 nitrogen and oxygen atoms in total. The average Bonchev–Trinajstić information content (AvgIpc) is 2.85. The van der Waals surface area contributed by atoms with E-state index in [0.717, 1.165) is 12.1 Å². The summed E-state index contributed by atoms with van der Waals surface area (Å²) in [5.74, 6) is 0. The molecule has 0 spiro atoms. The van der Waals surface area contributed by atoms with Crippen LogP contribution in [0.15, 0.2) is 12.1 Å². The number of alkyl halides is 3. The van der Waals surface area contributed by atoms with Gasteiger partial charge in [0, 0.05) is 19.7 Å². The molecule has 0 atom stereocenters. The highest BCUT2D eigenvalue weighted by molar-refractivity contribution is 7.22. The Kier molecular flexibility index (Phi) is 5.02. The lowest BCUT2D eigenvalue weighted by atomic mass is 10.1. The number of thiazole rings is 1. The minimum Gasteiger partial charge on any atom is -0.382 e. The number of hydrogen-bond donors (Lipinski definition) is 1. The Hall–Kier alpha value is -1.38. The van der Waals surface area contributed by atoms with Crippen LogP contribution in [0.4, 0.5) is 18.3 Å². The Bertz CT molecular complexity index is 613. The molecule has 0 aliphatic carbocycles. The molecule has 1 aromatic carbocycles. The van der Waals surface area contributed by atoms with Gasteiger partial charge in [-0.15, -0.1) is 0 Å². The molecule has 0 bridgehead atoms. The van der Waals surface area contributed by atoms with Gasteiger partial charge in [0.25, 0.3) is 0 Å². The number of halogens is 3. The molecule has 0 unspecified atom stereocenters. The second kappa shape index (κ2) is 6.59. The molecule has 0 fully saturated rings. The molecule has 0 aliphatic rings. The average molecular weight is 320 g/mol. The van der Waals surface area contributed by atoms with Crippen molar-refractivity contribution in [2.45, 2.75) is 12.8 Å². The van der Waals surface area contributed by atoms with Crippen molar-refractivity contribution in [1.82, 2.24) is 4.98 Å². The van der Waals surface area contributed by atoms with Crippen molar-refractivity contribution in [3.05, 3.63) is 23.3 Å². The minimum absolute atomic E-state index is 0.0661. The Morgan fingerprint density at radius 3 is 2.67 bits per heavy atom. The third-order valence-corrected chi connectivity index (χ3v) is 3.82. The van der Waals surface area contributed by atoms with Gasteiger partial charge in [0.2, 0.25) is 0 Å². The third-order valence-electron chi connectivity index (χ3n) is 2.80. The largest absolute Gasteiger partial charge is 0.416 e. The van der Waals surface area contributed by atoms with E-state index in [1.807, 2.05) is 0 Å². The zero-order chi connectivity index (χ0) is 15.5. The first-order valence-corrected chi connectivity index (χ1v) is 7.02. The lowest BCUT2D eigenvalue weighted by Gasteiger charge is -2.10. The lowest BCUT2D eigenvalue weighted by molar-refractivity contribution is -0.137. The molecule has 8 heteroatoms. The molecule has 0 aliphatic heterocycles. The maximum Gasteiger partial charge on any atom is 0.416 e. The van der Waals surface area contributed by atoms with E-state index in [2.05, 4.69) is 10.3 Å². The Morgan fingerprint density at radius 1 is 1.29 bits per heavy atom. The summed E-state index contributed by atoms with van der Waals surface area (Å²) in [7, 11) is 3.21. The number of rotatable bonds is 6. The number of nitrogens with one attached hydrogen (secondary N) is 1. The summed E-state index contributed by atoms with van der Waals surface area (Å²) in [6.07, 6.45) is -4.39. The molecule has 0 radical (unpaired) electrons. The predicted molar refractivity (Wildman–Crippen MR) is 75.7 cm³/mol. The molecule has 0 amide bonds. The number of benzene rings is 1. The van der Waals surface area contributed by atoms with Crippen molar-refractivity contribution in [2.75, 3.05) is 32.7 Å². The van der Waals surface area contributed by atoms with Crippen molar-refractivity contribution < 1.29 is 22.6 Å². The van der Waals surface area contributed by atoms with Crippen molar-refractivity contribution in [1.29, 1.82) is 0 Å². The number of aromatic nitrogens is 1. The summed E-state index contributed by atoms with van der Waals surface area (Å²) < 4.78 is 49.5. The Labute approximate surface area is 123 Å². The van der Waals surface area contributed by atoms with Crippen LogP contribution >= 0.6 is 11.3 Å². The Balaban J connectivity index is 2.36. The normalized spacial score (nSPS) is 12.0. The first-order chi connectivity index (χ1) is 9.95. The zero-order valence-electron chi connectivity index (χ0n) is 11.6. The van der Waals surface area contributed by atoms with Gasteiger partial charge >= 0.3 is 6.18 Å². The van der Waals surface area contributed by atoms with E-state index in [0.29, 0.717) is 34.1 Å². The summed E-state index contributed by atoms with van der Waals surface area (Å²) in [4.78, 5) is 4.28. The van der Waals surface area contributed by atoms with E-state index >= 15 is 0 Å². The highest BCUT2D eigenvalue weighted by atomic mass is 32.1. The monoisotopic (exact) mass is 320 g/mol. The standard InChI is InChI=1S/C13H15F3N2O2S/c1-17-12-18-11-8(7-20-4-3-19-2)5-9(13(14,15)16)6-10(11)21-12/h5-6H,3-4,7H2,1-2H3,(H,17,18). The summed E-state index contributed by atoms with van der Waals surface area (Å²) in [5.41, 5.74) is 0.273. The van der Waals surface area contributed by atoms with E-state index in [4.69, 9.17) is 9.47 Å². The summed E-state index contributed by atoms with van der Waals surface area (Å²) in [5, 5.41) is 3.42. The van der Waals surface area contributed by atoms with Crippen LogP contribution in [0, 0.1) is 0 Å². The van der Waals surface area contributed by atoms with Crippen LogP contribution < -0.4 is 5.32 Å². The summed E-state index contributed by atoms with van der Waals surface area (Å²) in [6.45, 7) is 0.773. The van der Waals surface area contributed by atoms with Crippen LogP contribution in [0.3, 0.4) is 0 Å². The van der Waals surface area contributed by atoms with E-state index in [-0.39, 0.29) is 6.61 Å². The quantitative estimate of drug-likeness (QED) is 0.827. The molecule has 116 valence electrons. The van der Waals surface area contributed by atoms with E-state index in [1.165, 1.54) is 18.4 Å². The fourth-order valence-corrected chi connectivity index (χ4v) is 2.71. The molecular weight excluding hydrogens is 305 g/mol. The number of fused-ring (bicyclic) bond motifs is 1. The van der Waals surface area contributed by atoms with Gasteiger partial charge in [-0.1, -0.05) is 11.3 Å². The van der Waals surface area contributed by atoms with Crippen LogP contribution in [0.1, 0.15) is 11.1 Å². The predicted octanol–water partition coefficient (Wildman–Crippen LogP) is 3.52. The van der Waals surface area contributed by atoms with Crippen LogP contribution in [0.25, 0.3) is 10.2 Å². The number of methoxy groups -OCH3 is 1. The molecule has 1 N–H and O–H groups in total. The molecule has 2 rings (SSSR count). The molecular formula is C13H15F3N2O2S. The van der Waals surface area contributed by atoms with Crippen molar-refractivity contribution in [3.63, 3.8) is 0 Å². The second-order valence-electron chi connectivity index (χ2n) is 4.29. The minimum atomic E-state index is -4.39. The molecule has 0 saturated heterocycles. The second-order valence-corrected chi connectivity index (χ2v) is 5.32. The van der Waals surface area contributed by atoms with Gasteiger partial charge in [-0.25, -0.2) is 4.98 Å². The van der Waals surface area contributed by atoms with Crippen LogP contribution in [-0.4, -0.2) is 32.4 Å². The molecule has 0 saturated carbocycles. The number of nitrogens with zero attached hydrogens (tertiary/aromatic N) is 1. The number of anilines is 1. The first kappa shape index (κ1) is 16.0. The van der Waals surface area contributed by atoms with Crippen molar-refractivity contribution in [2.24, 2.45) is 0 Å². The first-order valence-electron chi connectivity index (χ1n) is 6.20. The SMILES string of the molecule is CNc1nc2c(COCCOC)cc(C(F)(F)F)cc2s1. The van der Waals surface area contributed by atoms with E-state index in [1.54, 1.807) is 7.05 Å². The smallest absolute Gasteiger partial charge is 0.382 e. The summed E-state index contributed by atoms with van der Waals surface area (Å²) in [6, 6.07) is 2.21. The van der Waals surface area contributed by atoms with Gasteiger partial charge in [0.05, 0.1) is 35.6 Å². The van der Waals surface area contributed by atoms with Gasteiger partial charge in [-0.3, -0.25) is 0 Å². The molecule has 21 heavy (non-hydrogen) atoms. The Morgan fingerprint density at radius 2 is 2.05 bits per heavy atom. The summed E-state index contributed by atoms with van der Waals surface area (Å²) >= 11 is 1.18.